The smallest absolute Gasteiger partial charge is 0.221 e. The van der Waals surface area contributed by atoms with Crippen LogP contribution in [0, 0.1) is 0 Å². The van der Waals surface area contributed by atoms with Gasteiger partial charge in [-0.2, -0.15) is 0 Å². The zero-order chi connectivity index (χ0) is 18.2. The van der Waals surface area contributed by atoms with Gasteiger partial charge >= 0.3 is 0 Å². The monoisotopic (exact) mass is 356 g/mol. The van der Waals surface area contributed by atoms with E-state index in [0.717, 1.165) is 56.6 Å². The third-order valence-corrected chi connectivity index (χ3v) is 3.96. The van der Waals surface area contributed by atoms with Gasteiger partial charge in [0.2, 0.25) is 5.91 Å². The van der Waals surface area contributed by atoms with Gasteiger partial charge in [0.1, 0.15) is 18.0 Å². The minimum atomic E-state index is -0.101. The van der Waals surface area contributed by atoms with Crippen molar-refractivity contribution < 1.29 is 9.53 Å². The average Bonchev–Trinajstić information content (AvgIpc) is 2.63. The van der Waals surface area contributed by atoms with E-state index in [4.69, 9.17) is 4.74 Å². The van der Waals surface area contributed by atoms with Crippen molar-refractivity contribution in [3.63, 3.8) is 0 Å². The summed E-state index contributed by atoms with van der Waals surface area (Å²) in [6, 6.07) is 9.35. The predicted octanol–water partition coefficient (Wildman–Crippen LogP) is 1.92. The Bertz CT molecular complexity index is 733. The molecule has 26 heavy (non-hydrogen) atoms. The molecule has 1 fully saturated rings. The fourth-order valence-corrected chi connectivity index (χ4v) is 2.72. The summed E-state index contributed by atoms with van der Waals surface area (Å²) in [5.41, 5.74) is 1.58. The fraction of sp³-hybridized carbons (Fsp3) is 0.389. The van der Waals surface area contributed by atoms with Crippen molar-refractivity contribution >= 4 is 28.9 Å². The van der Waals surface area contributed by atoms with Crippen LogP contribution in [0.1, 0.15) is 6.92 Å². The van der Waals surface area contributed by atoms with Crippen molar-refractivity contribution in [2.24, 2.45) is 0 Å². The second-order valence-corrected chi connectivity index (χ2v) is 6.06. The Labute approximate surface area is 153 Å². The first-order valence-corrected chi connectivity index (χ1v) is 8.70. The molecular weight excluding hydrogens is 332 g/mol. The van der Waals surface area contributed by atoms with Crippen LogP contribution in [0.2, 0.25) is 0 Å². The number of anilines is 4. The molecule has 0 unspecified atom stereocenters. The maximum Gasteiger partial charge on any atom is 0.221 e. The van der Waals surface area contributed by atoms with E-state index in [1.54, 1.807) is 0 Å². The molecule has 0 saturated carbocycles. The van der Waals surface area contributed by atoms with Crippen molar-refractivity contribution in [3.05, 3.63) is 36.7 Å². The number of nitrogens with one attached hydrogen (secondary N) is 3. The Kier molecular flexibility index (Phi) is 6.34. The number of benzene rings is 1. The first-order chi connectivity index (χ1) is 12.7. The molecule has 138 valence electrons. The molecule has 1 aromatic carbocycles. The molecular formula is C18H24N6O2. The van der Waals surface area contributed by atoms with E-state index in [1.165, 1.54) is 13.3 Å². The molecule has 1 amide bonds. The zero-order valence-electron chi connectivity index (χ0n) is 14.9. The fourth-order valence-electron chi connectivity index (χ4n) is 2.72. The highest BCUT2D eigenvalue weighted by Gasteiger charge is 2.09. The average molecular weight is 356 g/mol. The second kappa shape index (κ2) is 9.12. The molecule has 0 atom stereocenters. The van der Waals surface area contributed by atoms with Crippen molar-refractivity contribution in [2.45, 2.75) is 6.92 Å². The summed E-state index contributed by atoms with van der Waals surface area (Å²) in [5.74, 6) is 1.36. The number of aromatic nitrogens is 2. The number of hydrogen-bond donors (Lipinski definition) is 3. The lowest BCUT2D eigenvalue weighted by atomic mass is 10.2. The van der Waals surface area contributed by atoms with Crippen LogP contribution in [0.25, 0.3) is 0 Å². The number of rotatable bonds is 7. The number of morpholine rings is 1. The topological polar surface area (TPSA) is 91.4 Å². The highest BCUT2D eigenvalue weighted by atomic mass is 16.5. The van der Waals surface area contributed by atoms with Gasteiger partial charge in [-0.1, -0.05) is 6.07 Å². The van der Waals surface area contributed by atoms with Crippen LogP contribution < -0.4 is 16.0 Å². The molecule has 0 spiro atoms. The molecule has 3 N–H and O–H groups in total. The molecule has 8 heteroatoms. The lowest BCUT2D eigenvalue weighted by molar-refractivity contribution is -0.114. The summed E-state index contributed by atoms with van der Waals surface area (Å²) in [5, 5.41) is 9.32. The standard InChI is InChI=1S/C18H24N6O2/c1-14(25)22-15-3-2-4-16(11-15)23-18-12-17(20-13-21-18)19-5-6-24-7-9-26-10-8-24/h2-4,11-13H,5-10H2,1H3,(H,22,25)(H2,19,20,21,23). The second-order valence-electron chi connectivity index (χ2n) is 6.06. The first-order valence-electron chi connectivity index (χ1n) is 8.70. The van der Waals surface area contributed by atoms with E-state index in [2.05, 4.69) is 30.8 Å². The molecule has 0 aliphatic carbocycles. The summed E-state index contributed by atoms with van der Waals surface area (Å²) < 4.78 is 5.35. The van der Waals surface area contributed by atoms with Gasteiger partial charge in [0.15, 0.2) is 0 Å². The Morgan fingerprint density at radius 1 is 1.15 bits per heavy atom. The Balaban J connectivity index is 1.54. The number of carbonyl (C=O) groups is 1. The van der Waals surface area contributed by atoms with Crippen LogP contribution in [-0.4, -0.2) is 60.2 Å². The van der Waals surface area contributed by atoms with Crippen LogP contribution in [0.5, 0.6) is 0 Å². The van der Waals surface area contributed by atoms with E-state index in [1.807, 2.05) is 30.3 Å². The van der Waals surface area contributed by atoms with E-state index in [0.29, 0.717) is 5.82 Å². The van der Waals surface area contributed by atoms with E-state index >= 15 is 0 Å². The summed E-state index contributed by atoms with van der Waals surface area (Å²) in [7, 11) is 0. The number of nitrogens with zero attached hydrogens (tertiary/aromatic N) is 3. The normalized spacial score (nSPS) is 14.7. The van der Waals surface area contributed by atoms with Gasteiger partial charge < -0.3 is 20.7 Å². The van der Waals surface area contributed by atoms with Crippen LogP contribution in [0.4, 0.5) is 23.0 Å². The number of amides is 1. The maximum absolute atomic E-state index is 11.2. The summed E-state index contributed by atoms with van der Waals surface area (Å²) in [4.78, 5) is 22.0. The highest BCUT2D eigenvalue weighted by molar-refractivity contribution is 5.89. The molecule has 1 saturated heterocycles. The summed E-state index contributed by atoms with van der Waals surface area (Å²) >= 11 is 0. The minimum absolute atomic E-state index is 0.101. The summed E-state index contributed by atoms with van der Waals surface area (Å²) in [6.07, 6.45) is 1.52. The largest absolute Gasteiger partial charge is 0.379 e. The molecule has 0 bridgehead atoms. The summed E-state index contributed by atoms with van der Waals surface area (Å²) in [6.45, 7) is 6.81. The SMILES string of the molecule is CC(=O)Nc1cccc(Nc2cc(NCCN3CCOCC3)ncn2)c1. The number of ether oxygens (including phenoxy) is 1. The zero-order valence-corrected chi connectivity index (χ0v) is 14.9. The number of hydrogen-bond acceptors (Lipinski definition) is 7. The third-order valence-electron chi connectivity index (χ3n) is 3.96. The third kappa shape index (κ3) is 5.68. The highest BCUT2D eigenvalue weighted by Crippen LogP contribution is 2.20. The van der Waals surface area contributed by atoms with Crippen LogP contribution in [-0.2, 0) is 9.53 Å². The van der Waals surface area contributed by atoms with Gasteiger partial charge in [0, 0.05) is 50.5 Å². The molecule has 2 heterocycles. The Hall–Kier alpha value is -2.71. The van der Waals surface area contributed by atoms with Crippen molar-refractivity contribution in [2.75, 3.05) is 55.3 Å². The van der Waals surface area contributed by atoms with Gasteiger partial charge in [-0.05, 0) is 18.2 Å². The quantitative estimate of drug-likeness (QED) is 0.698. The maximum atomic E-state index is 11.2. The Morgan fingerprint density at radius 3 is 2.73 bits per heavy atom. The predicted molar refractivity (Wildman–Crippen MR) is 102 cm³/mol. The van der Waals surface area contributed by atoms with Crippen molar-refractivity contribution in [1.82, 2.24) is 14.9 Å². The van der Waals surface area contributed by atoms with Gasteiger partial charge in [0.25, 0.3) is 0 Å². The molecule has 3 rings (SSSR count). The van der Waals surface area contributed by atoms with E-state index in [-0.39, 0.29) is 5.91 Å². The molecule has 0 radical (unpaired) electrons. The molecule has 1 aliphatic rings. The van der Waals surface area contributed by atoms with E-state index < -0.39 is 0 Å². The van der Waals surface area contributed by atoms with Gasteiger partial charge in [-0.3, -0.25) is 9.69 Å². The Morgan fingerprint density at radius 2 is 1.92 bits per heavy atom. The lowest BCUT2D eigenvalue weighted by Crippen LogP contribution is -2.39. The van der Waals surface area contributed by atoms with Gasteiger partial charge in [-0.25, -0.2) is 9.97 Å². The van der Waals surface area contributed by atoms with Gasteiger partial charge in [0.05, 0.1) is 13.2 Å². The molecule has 2 aromatic rings. The van der Waals surface area contributed by atoms with Crippen LogP contribution in [0.15, 0.2) is 36.7 Å². The van der Waals surface area contributed by atoms with E-state index in [9.17, 15) is 4.79 Å². The first kappa shape index (κ1) is 18.1. The van der Waals surface area contributed by atoms with Crippen LogP contribution >= 0.6 is 0 Å². The minimum Gasteiger partial charge on any atom is -0.379 e. The molecule has 8 nitrogen and oxygen atoms in total. The van der Waals surface area contributed by atoms with Crippen molar-refractivity contribution in [1.29, 1.82) is 0 Å². The van der Waals surface area contributed by atoms with Gasteiger partial charge in [-0.15, -0.1) is 0 Å². The lowest BCUT2D eigenvalue weighted by Gasteiger charge is -2.26. The van der Waals surface area contributed by atoms with Crippen molar-refractivity contribution in [3.8, 4) is 0 Å². The van der Waals surface area contributed by atoms with Crippen LogP contribution in [0.3, 0.4) is 0 Å². The molecule has 1 aromatic heterocycles. The molecule has 1 aliphatic heterocycles. The number of carbonyl (C=O) groups excluding carboxylic acids is 1.